The van der Waals surface area contributed by atoms with Crippen LogP contribution in [0.25, 0.3) is 0 Å². The van der Waals surface area contributed by atoms with Crippen molar-refractivity contribution >= 4 is 21.5 Å². The van der Waals surface area contributed by atoms with Gasteiger partial charge in [0.2, 0.25) is 0 Å². The molecular weight excluding hydrogens is 152 g/mol. The van der Waals surface area contributed by atoms with Crippen molar-refractivity contribution in [3.05, 3.63) is 30.1 Å². The number of hydrogen-bond acceptors (Lipinski definition) is 1. The molecule has 0 aromatic carbocycles. The fraction of sp³-hybridized carbons (Fsp3) is 0.167. The van der Waals surface area contributed by atoms with Gasteiger partial charge in [-0.1, -0.05) is 6.07 Å². The van der Waals surface area contributed by atoms with Crippen LogP contribution in [0, 0.1) is 0 Å². The maximum absolute atomic E-state index is 5.46. The lowest BCUT2D eigenvalue weighted by Gasteiger charge is -1.87. The number of rotatable bonds is 1. The summed E-state index contributed by atoms with van der Waals surface area (Å²) in [6.45, 7) is 0. The van der Waals surface area contributed by atoms with E-state index < -0.39 is 0 Å². The monoisotopic (exact) mass is 161 g/mol. The van der Waals surface area contributed by atoms with Crippen LogP contribution in [-0.4, -0.2) is 4.98 Å². The first-order valence-corrected chi connectivity index (χ1v) is 2.93. The van der Waals surface area contributed by atoms with Gasteiger partial charge in [-0.2, -0.15) is 9.90 Å². The molecule has 9 heavy (non-hydrogen) atoms. The van der Waals surface area contributed by atoms with Gasteiger partial charge in [-0.25, -0.2) is 0 Å². The first kappa shape index (κ1) is 8.87. The van der Waals surface area contributed by atoms with E-state index in [1.165, 1.54) is 0 Å². The zero-order chi connectivity index (χ0) is 5.82. The molecule has 0 bridgehead atoms. The molecule has 1 aromatic heterocycles. The predicted octanol–water partition coefficient (Wildman–Crippen LogP) is 1.88. The molecule has 0 N–H and O–H groups in total. The lowest BCUT2D eigenvalue weighted by atomic mass is 10.4. The molecule has 0 aliphatic heterocycles. The third-order valence-electron chi connectivity index (χ3n) is 0.863. The van der Waals surface area contributed by atoms with Gasteiger partial charge in [-0.05, 0) is 12.1 Å². The lowest BCUT2D eigenvalue weighted by molar-refractivity contribution is 1.17. The summed E-state index contributed by atoms with van der Waals surface area (Å²) in [5.74, 6) is 0.501. The molecule has 1 heterocycles. The maximum Gasteiger partial charge on any atom is 0.0647 e. The summed E-state index contributed by atoms with van der Waals surface area (Å²) < 4.78 is 0. The van der Waals surface area contributed by atoms with Gasteiger partial charge in [-0.15, -0.1) is 11.6 Å². The van der Waals surface area contributed by atoms with Gasteiger partial charge in [0.15, 0.2) is 0 Å². The second kappa shape index (κ2) is 4.72. The summed E-state index contributed by atoms with van der Waals surface area (Å²) in [4.78, 5) is 3.97. The number of hydrogen-bond donors (Lipinski definition) is 0. The Bertz CT molecular complexity index is 154. The molecule has 1 nitrogen and oxygen atoms in total. The minimum Gasteiger partial charge on any atom is -0.260 e. The number of pyridine rings is 1. The zero-order valence-electron chi connectivity index (χ0n) is 5.05. The standard InChI is InChI=1S/C6H6ClN.H3P/c7-5-6-3-1-2-4-8-6;/h1-4H,5H2;1H3. The molecule has 1 atom stereocenters. The Labute approximate surface area is 63.1 Å². The molecule has 0 saturated carbocycles. The SMILES string of the molecule is ClCc1ccccn1.P. The second-order valence-corrected chi connectivity index (χ2v) is 1.72. The Morgan fingerprint density at radius 1 is 1.44 bits per heavy atom. The van der Waals surface area contributed by atoms with E-state index in [1.807, 2.05) is 18.2 Å². The van der Waals surface area contributed by atoms with E-state index >= 15 is 0 Å². The van der Waals surface area contributed by atoms with Crippen molar-refractivity contribution < 1.29 is 0 Å². The molecular formula is C6H9ClNP. The molecule has 0 spiro atoms. The summed E-state index contributed by atoms with van der Waals surface area (Å²) in [5.41, 5.74) is 0.925. The Kier molecular flexibility index (Phi) is 4.65. The van der Waals surface area contributed by atoms with Gasteiger partial charge in [0.25, 0.3) is 0 Å². The van der Waals surface area contributed by atoms with E-state index in [4.69, 9.17) is 11.6 Å². The molecule has 0 aliphatic carbocycles. The Hall–Kier alpha value is -0.130. The Morgan fingerprint density at radius 2 is 2.22 bits per heavy atom. The lowest BCUT2D eigenvalue weighted by Crippen LogP contribution is -1.79. The van der Waals surface area contributed by atoms with E-state index in [2.05, 4.69) is 4.98 Å². The van der Waals surface area contributed by atoms with Crippen LogP contribution in [0.15, 0.2) is 24.4 Å². The smallest absolute Gasteiger partial charge is 0.0647 e. The second-order valence-electron chi connectivity index (χ2n) is 1.45. The van der Waals surface area contributed by atoms with Crippen molar-refractivity contribution in [1.29, 1.82) is 0 Å². The fourth-order valence-electron chi connectivity index (χ4n) is 0.477. The molecule has 50 valence electrons. The zero-order valence-corrected chi connectivity index (χ0v) is 7.22. The van der Waals surface area contributed by atoms with Crippen LogP contribution < -0.4 is 0 Å². The van der Waals surface area contributed by atoms with Gasteiger partial charge in [0, 0.05) is 6.20 Å². The molecule has 1 aromatic rings. The Morgan fingerprint density at radius 3 is 2.56 bits per heavy atom. The summed E-state index contributed by atoms with van der Waals surface area (Å²) in [5, 5.41) is 0. The van der Waals surface area contributed by atoms with Gasteiger partial charge in [-0.3, -0.25) is 4.98 Å². The van der Waals surface area contributed by atoms with Crippen LogP contribution in [0.3, 0.4) is 0 Å². The molecule has 0 fully saturated rings. The fourth-order valence-corrected chi connectivity index (χ4v) is 0.635. The van der Waals surface area contributed by atoms with Crippen LogP contribution in [0.1, 0.15) is 5.69 Å². The predicted molar refractivity (Wildman–Crippen MR) is 44.9 cm³/mol. The minimum absolute atomic E-state index is 0. The molecule has 0 aliphatic rings. The Balaban J connectivity index is 0.000000640. The number of aromatic nitrogens is 1. The largest absolute Gasteiger partial charge is 0.260 e. The van der Waals surface area contributed by atoms with Crippen LogP contribution in [0.2, 0.25) is 0 Å². The highest BCUT2D eigenvalue weighted by Crippen LogP contribution is 1.95. The third-order valence-corrected chi connectivity index (χ3v) is 1.14. The summed E-state index contributed by atoms with van der Waals surface area (Å²) in [7, 11) is 0. The van der Waals surface area contributed by atoms with E-state index in [0.717, 1.165) is 5.69 Å². The summed E-state index contributed by atoms with van der Waals surface area (Å²) >= 11 is 5.46. The maximum atomic E-state index is 5.46. The van der Waals surface area contributed by atoms with E-state index in [9.17, 15) is 0 Å². The van der Waals surface area contributed by atoms with Crippen molar-refractivity contribution in [2.45, 2.75) is 5.88 Å². The highest BCUT2D eigenvalue weighted by Gasteiger charge is 1.83. The van der Waals surface area contributed by atoms with Crippen molar-refractivity contribution in [1.82, 2.24) is 4.98 Å². The topological polar surface area (TPSA) is 12.9 Å². The average molecular weight is 162 g/mol. The van der Waals surface area contributed by atoms with Crippen molar-refractivity contribution in [3.63, 3.8) is 0 Å². The summed E-state index contributed by atoms with van der Waals surface area (Å²) in [6.07, 6.45) is 1.73. The van der Waals surface area contributed by atoms with Crippen molar-refractivity contribution in [2.24, 2.45) is 0 Å². The van der Waals surface area contributed by atoms with Gasteiger partial charge >= 0.3 is 0 Å². The van der Waals surface area contributed by atoms with Crippen LogP contribution in [-0.2, 0) is 5.88 Å². The molecule has 1 unspecified atom stereocenters. The summed E-state index contributed by atoms with van der Waals surface area (Å²) in [6, 6.07) is 5.69. The van der Waals surface area contributed by atoms with Gasteiger partial charge < -0.3 is 0 Å². The molecule has 0 saturated heterocycles. The van der Waals surface area contributed by atoms with Crippen molar-refractivity contribution in [3.8, 4) is 0 Å². The number of alkyl halides is 1. The first-order chi connectivity index (χ1) is 3.93. The van der Waals surface area contributed by atoms with Crippen LogP contribution in [0.4, 0.5) is 0 Å². The van der Waals surface area contributed by atoms with Crippen molar-refractivity contribution in [2.75, 3.05) is 0 Å². The van der Waals surface area contributed by atoms with E-state index in [1.54, 1.807) is 6.20 Å². The molecule has 1 rings (SSSR count). The van der Waals surface area contributed by atoms with E-state index in [0.29, 0.717) is 5.88 Å². The number of halogens is 1. The normalized spacial score (nSPS) is 8.11. The van der Waals surface area contributed by atoms with Crippen LogP contribution in [0.5, 0.6) is 0 Å². The molecule has 0 amide bonds. The van der Waals surface area contributed by atoms with Gasteiger partial charge in [0.05, 0.1) is 11.6 Å². The van der Waals surface area contributed by atoms with E-state index in [-0.39, 0.29) is 9.90 Å². The number of nitrogens with zero attached hydrogens (tertiary/aromatic N) is 1. The average Bonchev–Trinajstić information content (AvgIpc) is 1.90. The highest BCUT2D eigenvalue weighted by molar-refractivity contribution is 6.92. The van der Waals surface area contributed by atoms with Gasteiger partial charge in [0.1, 0.15) is 0 Å². The van der Waals surface area contributed by atoms with Crippen LogP contribution >= 0.6 is 21.5 Å². The molecule has 0 radical (unpaired) electrons. The minimum atomic E-state index is 0. The third kappa shape index (κ3) is 2.78. The molecule has 3 heteroatoms. The quantitative estimate of drug-likeness (QED) is 0.453. The first-order valence-electron chi connectivity index (χ1n) is 2.39. The highest BCUT2D eigenvalue weighted by atomic mass is 35.5.